The van der Waals surface area contributed by atoms with Crippen LogP contribution in [-0.4, -0.2) is 23.9 Å². The number of nitrogens with zero attached hydrogens (tertiary/aromatic N) is 2. The third-order valence-corrected chi connectivity index (χ3v) is 2.68. The first-order valence-electron chi connectivity index (χ1n) is 6.29. The molecule has 1 aromatic carbocycles. The molecule has 0 unspecified atom stereocenters. The third-order valence-electron chi connectivity index (χ3n) is 2.68. The van der Waals surface area contributed by atoms with Gasteiger partial charge in [0.2, 0.25) is 11.7 Å². The molecule has 0 aliphatic rings. The van der Waals surface area contributed by atoms with Crippen molar-refractivity contribution < 1.29 is 14.0 Å². The van der Waals surface area contributed by atoms with Crippen LogP contribution in [0.1, 0.15) is 18.7 Å². The lowest BCUT2D eigenvalue weighted by Crippen LogP contribution is -1.98. The van der Waals surface area contributed by atoms with E-state index in [1.165, 1.54) is 0 Å². The second kappa shape index (κ2) is 6.62. The summed E-state index contributed by atoms with van der Waals surface area (Å²) in [4.78, 5) is 4.18. The molecular formula is C15H16N2O3. The van der Waals surface area contributed by atoms with Crippen LogP contribution >= 0.6 is 0 Å². The summed E-state index contributed by atoms with van der Waals surface area (Å²) in [7, 11) is 1.59. The third kappa shape index (κ3) is 3.29. The fourth-order valence-electron chi connectivity index (χ4n) is 1.72. The van der Waals surface area contributed by atoms with Crippen molar-refractivity contribution in [2.45, 2.75) is 19.8 Å². The summed E-state index contributed by atoms with van der Waals surface area (Å²) >= 11 is 0. The minimum Gasteiger partial charge on any atom is -0.496 e. The van der Waals surface area contributed by atoms with Crippen molar-refractivity contribution >= 4 is 0 Å². The van der Waals surface area contributed by atoms with E-state index < -0.39 is 0 Å². The lowest BCUT2D eigenvalue weighted by molar-refractivity contribution is 0.310. The van der Waals surface area contributed by atoms with Crippen LogP contribution in [0.15, 0.2) is 22.7 Å². The maximum absolute atomic E-state index is 5.61. The minimum atomic E-state index is 0.498. The predicted molar refractivity (Wildman–Crippen MR) is 74.6 cm³/mol. The Morgan fingerprint density at radius 2 is 2.25 bits per heavy atom. The van der Waals surface area contributed by atoms with Crippen molar-refractivity contribution in [1.29, 1.82) is 0 Å². The van der Waals surface area contributed by atoms with Crippen molar-refractivity contribution in [3.63, 3.8) is 0 Å². The van der Waals surface area contributed by atoms with Gasteiger partial charge >= 0.3 is 0 Å². The maximum Gasteiger partial charge on any atom is 0.223 e. The molecule has 20 heavy (non-hydrogen) atoms. The Kier molecular flexibility index (Phi) is 4.61. The summed E-state index contributed by atoms with van der Waals surface area (Å²) in [5.41, 5.74) is 0.764. The van der Waals surface area contributed by atoms with Crippen LogP contribution in [0.2, 0.25) is 0 Å². The SMILES string of the molecule is C#CCCCOc1ccc(-c2noc(C)n2)c(OC)c1. The zero-order chi connectivity index (χ0) is 14.4. The van der Waals surface area contributed by atoms with Crippen LogP contribution in [-0.2, 0) is 0 Å². The van der Waals surface area contributed by atoms with Gasteiger partial charge in [-0.15, -0.1) is 12.3 Å². The normalized spacial score (nSPS) is 10.1. The van der Waals surface area contributed by atoms with Gasteiger partial charge in [0.15, 0.2) is 0 Å². The van der Waals surface area contributed by atoms with E-state index in [-0.39, 0.29) is 0 Å². The van der Waals surface area contributed by atoms with E-state index >= 15 is 0 Å². The lowest BCUT2D eigenvalue weighted by atomic mass is 10.2. The topological polar surface area (TPSA) is 57.4 Å². The molecule has 104 valence electrons. The first-order chi connectivity index (χ1) is 9.74. The first kappa shape index (κ1) is 13.9. The van der Waals surface area contributed by atoms with E-state index in [1.807, 2.05) is 12.1 Å². The predicted octanol–water partition coefficient (Wildman–Crippen LogP) is 2.85. The molecule has 0 radical (unpaired) electrons. The van der Waals surface area contributed by atoms with Gasteiger partial charge in [0, 0.05) is 19.4 Å². The molecule has 0 saturated heterocycles. The Morgan fingerprint density at radius 3 is 2.90 bits per heavy atom. The number of hydrogen-bond donors (Lipinski definition) is 0. The number of hydrogen-bond acceptors (Lipinski definition) is 5. The van der Waals surface area contributed by atoms with Crippen LogP contribution in [0.4, 0.5) is 0 Å². The molecule has 1 aromatic heterocycles. The fraction of sp³-hybridized carbons (Fsp3) is 0.333. The molecule has 5 heteroatoms. The van der Waals surface area contributed by atoms with Gasteiger partial charge in [-0.05, 0) is 18.6 Å². The molecule has 1 heterocycles. The first-order valence-corrected chi connectivity index (χ1v) is 6.29. The Balaban J connectivity index is 2.14. The second-order valence-electron chi connectivity index (χ2n) is 4.16. The van der Waals surface area contributed by atoms with Crippen LogP contribution in [0.25, 0.3) is 11.4 Å². The summed E-state index contributed by atoms with van der Waals surface area (Å²) in [6.45, 7) is 2.32. The van der Waals surface area contributed by atoms with Gasteiger partial charge in [-0.1, -0.05) is 5.16 Å². The van der Waals surface area contributed by atoms with Gasteiger partial charge in [-0.2, -0.15) is 4.98 Å². The second-order valence-corrected chi connectivity index (χ2v) is 4.16. The number of methoxy groups -OCH3 is 1. The van der Waals surface area contributed by atoms with Gasteiger partial charge in [-0.3, -0.25) is 0 Å². The minimum absolute atomic E-state index is 0.498. The average molecular weight is 272 g/mol. The summed E-state index contributed by atoms with van der Waals surface area (Å²) in [6, 6.07) is 5.50. The lowest BCUT2D eigenvalue weighted by Gasteiger charge is -2.09. The smallest absolute Gasteiger partial charge is 0.223 e. The highest BCUT2D eigenvalue weighted by Crippen LogP contribution is 2.31. The Morgan fingerprint density at radius 1 is 1.40 bits per heavy atom. The number of terminal acetylenes is 1. The van der Waals surface area contributed by atoms with Gasteiger partial charge in [0.1, 0.15) is 11.5 Å². The quantitative estimate of drug-likeness (QED) is 0.598. The molecule has 5 nitrogen and oxygen atoms in total. The molecule has 0 N–H and O–H groups in total. The fourth-order valence-corrected chi connectivity index (χ4v) is 1.72. The van der Waals surface area contributed by atoms with E-state index in [2.05, 4.69) is 16.1 Å². The largest absolute Gasteiger partial charge is 0.496 e. The van der Waals surface area contributed by atoms with E-state index in [0.717, 1.165) is 17.7 Å². The number of rotatable bonds is 6. The molecule has 0 aliphatic heterocycles. The number of ether oxygens (including phenoxy) is 2. The average Bonchev–Trinajstić information content (AvgIpc) is 2.90. The highest BCUT2D eigenvalue weighted by Gasteiger charge is 2.12. The van der Waals surface area contributed by atoms with Crippen molar-refractivity contribution in [3.05, 3.63) is 24.1 Å². The van der Waals surface area contributed by atoms with Crippen LogP contribution in [0, 0.1) is 19.3 Å². The van der Waals surface area contributed by atoms with Crippen molar-refractivity contribution in [2.24, 2.45) is 0 Å². The molecule has 0 bridgehead atoms. The monoisotopic (exact) mass is 272 g/mol. The van der Waals surface area contributed by atoms with Gasteiger partial charge in [-0.25, -0.2) is 0 Å². The zero-order valence-electron chi connectivity index (χ0n) is 11.5. The van der Waals surface area contributed by atoms with Crippen molar-refractivity contribution in [2.75, 3.05) is 13.7 Å². The Bertz CT molecular complexity index is 614. The molecule has 0 saturated carbocycles. The summed E-state index contributed by atoms with van der Waals surface area (Å²) < 4.78 is 15.9. The van der Waals surface area contributed by atoms with Crippen molar-refractivity contribution in [3.8, 4) is 35.2 Å². The molecule has 2 aromatic rings. The zero-order valence-corrected chi connectivity index (χ0v) is 11.5. The number of aryl methyl sites for hydroxylation is 1. The van der Waals surface area contributed by atoms with E-state index in [4.69, 9.17) is 20.4 Å². The molecular weight excluding hydrogens is 256 g/mol. The highest BCUT2D eigenvalue weighted by molar-refractivity contribution is 5.65. The molecule has 2 rings (SSSR count). The van der Waals surface area contributed by atoms with Crippen LogP contribution in [0.3, 0.4) is 0 Å². The number of unbranched alkanes of at least 4 members (excludes halogenated alkanes) is 1. The molecule has 0 spiro atoms. The molecule has 0 aliphatic carbocycles. The summed E-state index contributed by atoms with van der Waals surface area (Å²) in [6.07, 6.45) is 6.72. The molecule has 0 amide bonds. The van der Waals surface area contributed by atoms with Gasteiger partial charge in [0.05, 0.1) is 19.3 Å². The highest BCUT2D eigenvalue weighted by atomic mass is 16.5. The van der Waals surface area contributed by atoms with E-state index in [0.29, 0.717) is 30.5 Å². The number of aromatic nitrogens is 2. The summed E-state index contributed by atoms with van der Waals surface area (Å²) in [5, 5.41) is 3.88. The van der Waals surface area contributed by atoms with Gasteiger partial charge < -0.3 is 14.0 Å². The van der Waals surface area contributed by atoms with Crippen molar-refractivity contribution in [1.82, 2.24) is 10.1 Å². The number of benzene rings is 1. The van der Waals surface area contributed by atoms with Crippen LogP contribution < -0.4 is 9.47 Å². The summed E-state index contributed by atoms with van der Waals surface area (Å²) in [5.74, 6) is 4.95. The Labute approximate surface area is 117 Å². The maximum atomic E-state index is 5.61. The van der Waals surface area contributed by atoms with Gasteiger partial charge in [0.25, 0.3) is 0 Å². The van der Waals surface area contributed by atoms with E-state index in [9.17, 15) is 0 Å². The molecule has 0 atom stereocenters. The van der Waals surface area contributed by atoms with E-state index in [1.54, 1.807) is 20.1 Å². The van der Waals surface area contributed by atoms with Crippen LogP contribution in [0.5, 0.6) is 11.5 Å². The standard InChI is InChI=1S/C15H16N2O3/c1-4-5-6-9-19-12-7-8-13(14(10-12)18-3)15-16-11(2)20-17-15/h1,7-8,10H,5-6,9H2,2-3H3. The Hall–Kier alpha value is -2.48. The molecule has 0 fully saturated rings.